The van der Waals surface area contributed by atoms with Crippen LogP contribution >= 0.6 is 11.3 Å². The van der Waals surface area contributed by atoms with Crippen LogP contribution in [0.1, 0.15) is 60.7 Å². The molecular formula is C20H26N2O4S. The summed E-state index contributed by atoms with van der Waals surface area (Å²) in [5, 5.41) is 6.03. The van der Waals surface area contributed by atoms with Gasteiger partial charge in [0.1, 0.15) is 0 Å². The molecule has 0 aliphatic carbocycles. The third kappa shape index (κ3) is 6.06. The van der Waals surface area contributed by atoms with Gasteiger partial charge in [0.15, 0.2) is 17.3 Å². The van der Waals surface area contributed by atoms with Gasteiger partial charge in [-0.05, 0) is 44.9 Å². The number of hydrogen-bond donors (Lipinski definition) is 1. The molecule has 2 aromatic rings. The van der Waals surface area contributed by atoms with E-state index in [1.54, 1.807) is 29.5 Å². The van der Waals surface area contributed by atoms with Gasteiger partial charge in [-0.25, -0.2) is 4.98 Å². The van der Waals surface area contributed by atoms with Crippen molar-refractivity contribution in [2.45, 2.75) is 46.1 Å². The number of aryl methyl sites for hydroxylation is 1. The molecule has 0 saturated carbocycles. The van der Waals surface area contributed by atoms with E-state index in [2.05, 4.69) is 17.2 Å². The molecule has 1 amide bonds. The first-order valence-corrected chi connectivity index (χ1v) is 9.88. The second-order valence-corrected chi connectivity index (χ2v) is 7.13. The fraction of sp³-hybridized carbons (Fsp3) is 0.450. The number of methoxy groups -OCH3 is 1. The zero-order valence-corrected chi connectivity index (χ0v) is 17.0. The van der Waals surface area contributed by atoms with Crippen LogP contribution in [0.3, 0.4) is 0 Å². The van der Waals surface area contributed by atoms with Gasteiger partial charge in [-0.2, -0.15) is 0 Å². The first-order chi connectivity index (χ1) is 12.9. The molecule has 146 valence electrons. The summed E-state index contributed by atoms with van der Waals surface area (Å²) in [4.78, 5) is 28.0. The second-order valence-electron chi connectivity index (χ2n) is 6.18. The fourth-order valence-electron chi connectivity index (χ4n) is 2.49. The largest absolute Gasteiger partial charge is 0.493 e. The van der Waals surface area contributed by atoms with Crippen molar-refractivity contribution in [2.75, 3.05) is 13.7 Å². The van der Waals surface area contributed by atoms with Gasteiger partial charge >= 0.3 is 0 Å². The van der Waals surface area contributed by atoms with E-state index in [0.717, 1.165) is 17.1 Å². The number of thiazole rings is 1. The van der Waals surface area contributed by atoms with Crippen LogP contribution in [0.25, 0.3) is 0 Å². The Labute approximate surface area is 163 Å². The minimum Gasteiger partial charge on any atom is -0.493 e. The Balaban J connectivity index is 1.77. The summed E-state index contributed by atoms with van der Waals surface area (Å²) in [6.45, 7) is 5.89. The van der Waals surface area contributed by atoms with Crippen molar-refractivity contribution >= 4 is 23.0 Å². The highest BCUT2D eigenvalue weighted by Crippen LogP contribution is 2.28. The number of amides is 1. The molecule has 0 aliphatic rings. The molecule has 7 heteroatoms. The summed E-state index contributed by atoms with van der Waals surface area (Å²) < 4.78 is 11.0. The van der Waals surface area contributed by atoms with Crippen LogP contribution in [-0.4, -0.2) is 30.4 Å². The summed E-state index contributed by atoms with van der Waals surface area (Å²) in [5.41, 5.74) is 1.47. The lowest BCUT2D eigenvalue weighted by molar-refractivity contribution is -0.122. The zero-order chi connectivity index (χ0) is 19.8. The van der Waals surface area contributed by atoms with E-state index in [9.17, 15) is 9.59 Å². The molecule has 0 spiro atoms. The van der Waals surface area contributed by atoms with Crippen LogP contribution in [0.15, 0.2) is 23.6 Å². The molecule has 0 bridgehead atoms. The van der Waals surface area contributed by atoms with E-state index < -0.39 is 0 Å². The van der Waals surface area contributed by atoms with Crippen molar-refractivity contribution in [2.24, 2.45) is 0 Å². The number of nitrogens with zero attached hydrogens (tertiary/aromatic N) is 1. The molecule has 0 saturated heterocycles. The number of Topliss-reactive ketones (excluding diaryl/α,β-unsaturated/α-hetero) is 1. The molecule has 1 N–H and O–H groups in total. The van der Waals surface area contributed by atoms with Gasteiger partial charge in [0.2, 0.25) is 5.91 Å². The van der Waals surface area contributed by atoms with Crippen LogP contribution in [0.5, 0.6) is 11.5 Å². The van der Waals surface area contributed by atoms with Crippen molar-refractivity contribution < 1.29 is 19.1 Å². The number of nitrogens with one attached hydrogen (secondary N) is 1. The lowest BCUT2D eigenvalue weighted by Crippen LogP contribution is -2.27. The van der Waals surface area contributed by atoms with E-state index in [-0.39, 0.29) is 17.7 Å². The molecule has 1 atom stereocenters. The lowest BCUT2D eigenvalue weighted by atomic mass is 10.1. The quantitative estimate of drug-likeness (QED) is 0.491. The highest BCUT2D eigenvalue weighted by Gasteiger charge is 2.13. The summed E-state index contributed by atoms with van der Waals surface area (Å²) in [5.74, 6) is 1.01. The number of hydrogen-bond acceptors (Lipinski definition) is 6. The first-order valence-electron chi connectivity index (χ1n) is 9.00. The first kappa shape index (κ1) is 20.9. The third-order valence-electron chi connectivity index (χ3n) is 4.07. The van der Waals surface area contributed by atoms with Gasteiger partial charge in [0, 0.05) is 17.4 Å². The van der Waals surface area contributed by atoms with Crippen LogP contribution < -0.4 is 14.8 Å². The van der Waals surface area contributed by atoms with Crippen LogP contribution in [-0.2, 0) is 11.2 Å². The number of ether oxygens (including phenoxy) is 2. The predicted octanol–water partition coefficient (Wildman–Crippen LogP) is 3.95. The fourth-order valence-corrected chi connectivity index (χ4v) is 3.33. The number of carbonyl (C=O) groups excluding carboxylic acids is 2. The van der Waals surface area contributed by atoms with Crippen molar-refractivity contribution in [1.82, 2.24) is 10.3 Å². The Morgan fingerprint density at radius 2 is 2.07 bits per heavy atom. The normalized spacial score (nSPS) is 11.7. The van der Waals surface area contributed by atoms with E-state index >= 15 is 0 Å². The van der Waals surface area contributed by atoms with Gasteiger partial charge in [-0.3, -0.25) is 9.59 Å². The summed E-state index contributed by atoms with van der Waals surface area (Å²) in [7, 11) is 1.53. The highest BCUT2D eigenvalue weighted by molar-refractivity contribution is 7.09. The average Bonchev–Trinajstić information content (AvgIpc) is 3.14. The molecule has 1 unspecified atom stereocenters. The molecule has 1 aromatic carbocycles. The van der Waals surface area contributed by atoms with Crippen molar-refractivity contribution in [3.63, 3.8) is 0 Å². The van der Waals surface area contributed by atoms with E-state index in [1.807, 2.05) is 12.3 Å². The van der Waals surface area contributed by atoms with Gasteiger partial charge in [-0.1, -0.05) is 6.92 Å². The Hall–Kier alpha value is -2.41. The number of aromatic nitrogens is 1. The number of carbonyl (C=O) groups is 2. The van der Waals surface area contributed by atoms with Crippen molar-refractivity contribution in [3.05, 3.63) is 39.8 Å². The third-order valence-corrected chi connectivity index (χ3v) is 5.08. The molecule has 0 aliphatic heterocycles. The van der Waals surface area contributed by atoms with Gasteiger partial charge < -0.3 is 14.8 Å². The average molecular weight is 391 g/mol. The second kappa shape index (κ2) is 10.1. The molecule has 1 aromatic heterocycles. The molecule has 27 heavy (non-hydrogen) atoms. The van der Waals surface area contributed by atoms with Gasteiger partial charge in [0.05, 0.1) is 30.5 Å². The number of benzene rings is 1. The number of rotatable bonds is 10. The Kier molecular flexibility index (Phi) is 7.79. The summed E-state index contributed by atoms with van der Waals surface area (Å²) >= 11 is 1.61. The predicted molar refractivity (Wildman–Crippen MR) is 106 cm³/mol. The molecule has 1 heterocycles. The topological polar surface area (TPSA) is 77.5 Å². The Morgan fingerprint density at radius 3 is 2.70 bits per heavy atom. The minimum atomic E-state index is -0.103. The number of ketones is 1. The highest BCUT2D eigenvalue weighted by atomic mass is 32.1. The van der Waals surface area contributed by atoms with Crippen molar-refractivity contribution in [3.8, 4) is 11.5 Å². The molecule has 6 nitrogen and oxygen atoms in total. The summed E-state index contributed by atoms with van der Waals surface area (Å²) in [6, 6.07) is 4.97. The maximum Gasteiger partial charge on any atom is 0.220 e. The van der Waals surface area contributed by atoms with Gasteiger partial charge in [0.25, 0.3) is 0 Å². The van der Waals surface area contributed by atoms with Crippen LogP contribution in [0.2, 0.25) is 0 Å². The maximum atomic E-state index is 12.1. The van der Waals surface area contributed by atoms with Crippen LogP contribution in [0, 0.1) is 0 Å². The maximum absolute atomic E-state index is 12.1. The smallest absolute Gasteiger partial charge is 0.220 e. The minimum absolute atomic E-state index is 0.0307. The van der Waals surface area contributed by atoms with Crippen LogP contribution in [0.4, 0.5) is 0 Å². The van der Waals surface area contributed by atoms with E-state index in [1.165, 1.54) is 14.0 Å². The van der Waals surface area contributed by atoms with Gasteiger partial charge in [-0.15, -0.1) is 11.3 Å². The van der Waals surface area contributed by atoms with E-state index in [0.29, 0.717) is 36.5 Å². The zero-order valence-electron chi connectivity index (χ0n) is 16.2. The standard InChI is InChI=1S/C20H26N2O4S/c1-5-20-22-16(12-27-20)13(2)21-19(24)7-6-10-26-17-9-8-15(14(3)23)11-18(17)25-4/h8-9,11-13H,5-7,10H2,1-4H3,(H,21,24). The Morgan fingerprint density at radius 1 is 1.30 bits per heavy atom. The van der Waals surface area contributed by atoms with E-state index in [4.69, 9.17) is 9.47 Å². The molecular weight excluding hydrogens is 364 g/mol. The monoisotopic (exact) mass is 390 g/mol. The van der Waals surface area contributed by atoms with Crippen molar-refractivity contribution in [1.29, 1.82) is 0 Å². The lowest BCUT2D eigenvalue weighted by Gasteiger charge is -2.13. The molecule has 0 fully saturated rings. The molecule has 2 rings (SSSR count). The SMILES string of the molecule is CCc1nc(C(C)NC(=O)CCCOc2ccc(C(C)=O)cc2OC)cs1. The Bertz CT molecular complexity index is 788. The summed E-state index contributed by atoms with van der Waals surface area (Å²) in [6.07, 6.45) is 1.84. The molecule has 0 radical (unpaired) electrons.